The highest BCUT2D eigenvalue weighted by Crippen LogP contribution is 2.22. The van der Waals surface area contributed by atoms with Gasteiger partial charge in [0.1, 0.15) is 0 Å². The van der Waals surface area contributed by atoms with Crippen LogP contribution in [0.1, 0.15) is 31.7 Å². The van der Waals surface area contributed by atoms with E-state index in [4.69, 9.17) is 8.92 Å². The topological polar surface area (TPSA) is 72.9 Å². The Bertz CT molecular complexity index is 626. The maximum absolute atomic E-state index is 12.1. The molecular weight excluding hydrogens is 318 g/mol. The van der Waals surface area contributed by atoms with Gasteiger partial charge in [-0.15, -0.1) is 0 Å². The molecule has 0 spiro atoms. The highest BCUT2D eigenvalue weighted by Gasteiger charge is 2.30. The normalized spacial score (nSPS) is 18.2. The molecule has 0 saturated carbocycles. The van der Waals surface area contributed by atoms with Gasteiger partial charge < -0.3 is 9.64 Å². The molecule has 1 aliphatic heterocycles. The molecule has 7 heteroatoms. The second kappa shape index (κ2) is 7.79. The molecule has 2 rings (SSSR count). The van der Waals surface area contributed by atoms with Crippen LogP contribution in [0.5, 0.6) is 0 Å². The smallest absolute Gasteiger partial charge is 0.409 e. The Labute approximate surface area is 137 Å². The summed E-state index contributed by atoms with van der Waals surface area (Å²) in [4.78, 5) is 13.6. The maximum atomic E-state index is 12.1. The number of aryl methyl sites for hydroxylation is 1. The molecule has 1 saturated heterocycles. The predicted octanol–water partition coefficient (Wildman–Crippen LogP) is 2.71. The second-order valence-corrected chi connectivity index (χ2v) is 7.18. The summed E-state index contributed by atoms with van der Waals surface area (Å²) in [5.41, 5.74) is 0.986. The second-order valence-electron chi connectivity index (χ2n) is 5.57. The molecule has 1 atom stereocenters. The minimum absolute atomic E-state index is 0.0257. The van der Waals surface area contributed by atoms with Gasteiger partial charge in [0.25, 0.3) is 10.1 Å². The minimum atomic E-state index is -3.75. The quantitative estimate of drug-likeness (QED) is 0.744. The van der Waals surface area contributed by atoms with Crippen molar-refractivity contribution in [3.8, 4) is 0 Å². The molecule has 1 aromatic rings. The van der Waals surface area contributed by atoms with E-state index in [1.807, 2.05) is 6.92 Å². The van der Waals surface area contributed by atoms with Crippen molar-refractivity contribution in [2.45, 2.75) is 44.0 Å². The van der Waals surface area contributed by atoms with E-state index in [9.17, 15) is 13.2 Å². The fourth-order valence-electron chi connectivity index (χ4n) is 2.65. The number of ether oxygens (including phenoxy) is 1. The van der Waals surface area contributed by atoms with Crippen LogP contribution in [-0.4, -0.2) is 45.2 Å². The van der Waals surface area contributed by atoms with Crippen molar-refractivity contribution >= 4 is 16.2 Å². The van der Waals surface area contributed by atoms with Crippen LogP contribution in [0.25, 0.3) is 0 Å². The van der Waals surface area contributed by atoms with Gasteiger partial charge in [0.2, 0.25) is 0 Å². The van der Waals surface area contributed by atoms with Crippen LogP contribution in [0.15, 0.2) is 29.2 Å². The van der Waals surface area contributed by atoms with Crippen LogP contribution in [-0.2, 0) is 19.0 Å². The van der Waals surface area contributed by atoms with E-state index in [0.29, 0.717) is 19.6 Å². The Morgan fingerprint density at radius 2 is 2.00 bits per heavy atom. The number of nitrogens with zero attached hydrogens (tertiary/aromatic N) is 1. The average Bonchev–Trinajstić information content (AvgIpc) is 2.96. The number of hydrogen-bond acceptors (Lipinski definition) is 5. The summed E-state index contributed by atoms with van der Waals surface area (Å²) in [6, 6.07) is 6.50. The van der Waals surface area contributed by atoms with Crippen molar-refractivity contribution in [3.63, 3.8) is 0 Å². The third-order valence-electron chi connectivity index (χ3n) is 3.88. The van der Waals surface area contributed by atoms with Crippen LogP contribution < -0.4 is 0 Å². The van der Waals surface area contributed by atoms with Gasteiger partial charge in [0, 0.05) is 12.6 Å². The van der Waals surface area contributed by atoms with Crippen LogP contribution in [0, 0.1) is 6.92 Å². The van der Waals surface area contributed by atoms with Gasteiger partial charge in [0.05, 0.1) is 18.1 Å². The van der Waals surface area contributed by atoms with Crippen LogP contribution in [0.2, 0.25) is 0 Å². The van der Waals surface area contributed by atoms with Gasteiger partial charge in [0.15, 0.2) is 0 Å². The molecule has 0 radical (unpaired) electrons. The molecule has 1 aromatic carbocycles. The zero-order valence-electron chi connectivity index (χ0n) is 13.5. The van der Waals surface area contributed by atoms with Crippen molar-refractivity contribution in [1.29, 1.82) is 0 Å². The fraction of sp³-hybridized carbons (Fsp3) is 0.562. The standard InChI is InChI=1S/C16H23NO5S/c1-3-21-16(18)17-11-4-5-14(17)10-12-22-23(19,20)15-8-6-13(2)7-9-15/h6-9,14H,3-5,10-12H2,1-2H3/t14-/m1/s1. The molecule has 6 nitrogen and oxygen atoms in total. The first-order chi connectivity index (χ1) is 10.9. The van der Waals surface area contributed by atoms with Crippen molar-refractivity contribution in [2.75, 3.05) is 19.8 Å². The molecule has 0 unspecified atom stereocenters. The highest BCUT2D eigenvalue weighted by molar-refractivity contribution is 7.86. The van der Waals surface area contributed by atoms with E-state index in [1.165, 1.54) is 12.1 Å². The summed E-state index contributed by atoms with van der Waals surface area (Å²) in [6.07, 6.45) is 1.88. The van der Waals surface area contributed by atoms with Crippen molar-refractivity contribution in [2.24, 2.45) is 0 Å². The summed E-state index contributed by atoms with van der Waals surface area (Å²) >= 11 is 0. The van der Waals surface area contributed by atoms with E-state index in [-0.39, 0.29) is 23.6 Å². The lowest BCUT2D eigenvalue weighted by Gasteiger charge is -2.23. The monoisotopic (exact) mass is 341 g/mol. The largest absolute Gasteiger partial charge is 0.450 e. The molecule has 1 fully saturated rings. The molecule has 0 aromatic heterocycles. The Morgan fingerprint density at radius 3 is 2.65 bits per heavy atom. The Morgan fingerprint density at radius 1 is 1.30 bits per heavy atom. The van der Waals surface area contributed by atoms with Crippen molar-refractivity contribution in [1.82, 2.24) is 4.90 Å². The van der Waals surface area contributed by atoms with Crippen molar-refractivity contribution in [3.05, 3.63) is 29.8 Å². The molecule has 23 heavy (non-hydrogen) atoms. The van der Waals surface area contributed by atoms with E-state index in [1.54, 1.807) is 24.0 Å². The summed E-state index contributed by atoms with van der Waals surface area (Å²) in [7, 11) is -3.75. The van der Waals surface area contributed by atoms with Crippen LogP contribution >= 0.6 is 0 Å². The third kappa shape index (κ3) is 4.68. The molecule has 1 aliphatic rings. The highest BCUT2D eigenvalue weighted by atomic mass is 32.2. The molecule has 0 bridgehead atoms. The number of likely N-dealkylation sites (tertiary alicyclic amines) is 1. The van der Waals surface area contributed by atoms with E-state index in [0.717, 1.165) is 18.4 Å². The lowest BCUT2D eigenvalue weighted by molar-refractivity contribution is 0.0986. The number of carbonyl (C=O) groups excluding carboxylic acids is 1. The lowest BCUT2D eigenvalue weighted by atomic mass is 10.1. The zero-order valence-corrected chi connectivity index (χ0v) is 14.3. The summed E-state index contributed by atoms with van der Waals surface area (Å²) in [5, 5.41) is 0. The SMILES string of the molecule is CCOC(=O)N1CCC[C@@H]1CCOS(=O)(=O)c1ccc(C)cc1. The summed E-state index contributed by atoms with van der Waals surface area (Å²) < 4.78 is 34.3. The Kier molecular flexibility index (Phi) is 6.01. The number of rotatable bonds is 6. The maximum Gasteiger partial charge on any atom is 0.409 e. The first-order valence-corrected chi connectivity index (χ1v) is 9.24. The first kappa shape index (κ1) is 17.7. The molecule has 1 heterocycles. The van der Waals surface area contributed by atoms with Crippen LogP contribution in [0.3, 0.4) is 0 Å². The third-order valence-corrected chi connectivity index (χ3v) is 5.21. The average molecular weight is 341 g/mol. The van der Waals surface area contributed by atoms with Gasteiger partial charge in [-0.2, -0.15) is 8.42 Å². The van der Waals surface area contributed by atoms with E-state index in [2.05, 4.69) is 0 Å². The van der Waals surface area contributed by atoms with Gasteiger partial charge in [-0.05, 0) is 45.2 Å². The van der Waals surface area contributed by atoms with Crippen LogP contribution in [0.4, 0.5) is 4.79 Å². The van der Waals surface area contributed by atoms with Gasteiger partial charge in [-0.25, -0.2) is 4.79 Å². The zero-order chi connectivity index (χ0) is 16.9. The minimum Gasteiger partial charge on any atom is -0.450 e. The molecule has 128 valence electrons. The molecule has 0 aliphatic carbocycles. The van der Waals surface area contributed by atoms with Gasteiger partial charge in [-0.3, -0.25) is 4.18 Å². The van der Waals surface area contributed by atoms with E-state index >= 15 is 0 Å². The van der Waals surface area contributed by atoms with Gasteiger partial charge in [-0.1, -0.05) is 17.7 Å². The van der Waals surface area contributed by atoms with Gasteiger partial charge >= 0.3 is 6.09 Å². The molecular formula is C16H23NO5S. The lowest BCUT2D eigenvalue weighted by Crippen LogP contribution is -2.36. The predicted molar refractivity (Wildman–Crippen MR) is 85.7 cm³/mol. The van der Waals surface area contributed by atoms with E-state index < -0.39 is 10.1 Å². The van der Waals surface area contributed by atoms with Crippen molar-refractivity contribution < 1.29 is 22.1 Å². The first-order valence-electron chi connectivity index (χ1n) is 7.83. The number of amides is 1. The summed E-state index contributed by atoms with van der Waals surface area (Å²) in [5.74, 6) is 0. The molecule has 1 amide bonds. The summed E-state index contributed by atoms with van der Waals surface area (Å²) in [6.45, 7) is 4.69. The Hall–Kier alpha value is -1.60. The number of hydrogen-bond donors (Lipinski definition) is 0. The molecule has 0 N–H and O–H groups in total. The number of benzene rings is 1. The number of carbonyl (C=O) groups is 1. The Balaban J connectivity index is 1.88. The fourth-order valence-corrected chi connectivity index (χ4v) is 3.57.